The molecule has 0 aliphatic rings. The number of hydrogen-bond acceptors (Lipinski definition) is 2. The molecule has 0 spiro atoms. The Morgan fingerprint density at radius 3 is 2.90 bits per heavy atom. The Bertz CT molecular complexity index is 224. The molecule has 0 aliphatic carbocycles. The predicted molar refractivity (Wildman–Crippen MR) is 31.9 cm³/mol. The van der Waals surface area contributed by atoms with E-state index in [0.717, 1.165) is 0 Å². The molecule has 0 saturated heterocycles. The van der Waals surface area contributed by atoms with E-state index in [1.807, 2.05) is 0 Å². The first-order chi connectivity index (χ1) is 4.79. The van der Waals surface area contributed by atoms with Crippen molar-refractivity contribution in [2.24, 2.45) is 0 Å². The number of aromatic nitrogens is 1. The van der Waals surface area contributed by atoms with Crippen molar-refractivity contribution in [3.63, 3.8) is 0 Å². The second-order valence-electron chi connectivity index (χ2n) is 1.45. The number of rotatable bonds is 2. The van der Waals surface area contributed by atoms with Crippen LogP contribution in [-0.4, -0.2) is 15.0 Å². The monoisotopic (exact) mass is 182 g/mol. The van der Waals surface area contributed by atoms with Crippen LogP contribution in [-0.2, 0) is 14.7 Å². The Balaban J connectivity index is 2.67. The van der Waals surface area contributed by atoms with E-state index < -0.39 is 4.90 Å². The van der Waals surface area contributed by atoms with Crippen molar-refractivity contribution in [1.29, 1.82) is 0 Å². The summed E-state index contributed by atoms with van der Waals surface area (Å²) in [4.78, 5) is 13.1. The second kappa shape index (κ2) is 3.33. The van der Waals surface area contributed by atoms with Gasteiger partial charge in [-0.15, -0.1) is 0 Å². The molecule has 0 aliphatic heterocycles. The van der Waals surface area contributed by atoms with Crippen molar-refractivity contribution >= 4 is 9.53 Å². The third-order valence-corrected chi connectivity index (χ3v) is 1.57. The number of pyridine rings is 1. The van der Waals surface area contributed by atoms with E-state index in [2.05, 4.69) is 4.98 Å². The molecule has 0 aromatic carbocycles. The third-order valence-electron chi connectivity index (χ3n) is 0.772. The summed E-state index contributed by atoms with van der Waals surface area (Å²) in [6.45, 7) is 0. The summed E-state index contributed by atoms with van der Waals surface area (Å²) < 4.78 is 0.561. The van der Waals surface area contributed by atoms with Gasteiger partial charge in [-0.05, 0) is 0 Å². The van der Waals surface area contributed by atoms with Crippen LogP contribution in [0.15, 0.2) is 24.4 Å². The number of carbonyl (C=O) groups is 1. The van der Waals surface area contributed by atoms with Crippen molar-refractivity contribution in [2.75, 3.05) is 0 Å². The Morgan fingerprint density at radius 2 is 2.40 bits per heavy atom. The first kappa shape index (κ1) is 7.24. The van der Waals surface area contributed by atoms with Gasteiger partial charge in [0, 0.05) is 0 Å². The van der Waals surface area contributed by atoms with Crippen molar-refractivity contribution in [1.82, 2.24) is 4.98 Å². The van der Waals surface area contributed by atoms with Crippen molar-refractivity contribution in [2.45, 2.75) is 0 Å². The Hall–Kier alpha value is -0.874. The fourth-order valence-corrected chi connectivity index (χ4v) is 1.02. The molecule has 3 nitrogen and oxygen atoms in total. The van der Waals surface area contributed by atoms with Gasteiger partial charge < -0.3 is 0 Å². The van der Waals surface area contributed by atoms with Gasteiger partial charge in [0.1, 0.15) is 0 Å². The molecule has 0 fully saturated rings. The van der Waals surface area contributed by atoms with E-state index in [1.54, 1.807) is 24.4 Å². The maximum atomic E-state index is 10.1. The standard InChI is InChI=1S/C5H4N.CHO2.Co/c1-2-4-6-5-3-1;2-1-3;/h1-4H;(H,2,3);. The van der Waals surface area contributed by atoms with E-state index in [1.165, 1.54) is 0 Å². The van der Waals surface area contributed by atoms with Gasteiger partial charge in [-0.25, -0.2) is 0 Å². The van der Waals surface area contributed by atoms with Crippen LogP contribution in [0.4, 0.5) is 4.79 Å². The van der Waals surface area contributed by atoms with E-state index in [9.17, 15) is 4.79 Å². The van der Waals surface area contributed by atoms with Crippen molar-refractivity contribution in [3.05, 3.63) is 24.4 Å². The first-order valence-corrected chi connectivity index (χ1v) is 3.57. The van der Waals surface area contributed by atoms with Gasteiger partial charge in [0.2, 0.25) is 0 Å². The molecule has 0 radical (unpaired) electrons. The number of hydrogen-bond donors (Lipinski definition) is 1. The Labute approximate surface area is 64.1 Å². The second-order valence-corrected chi connectivity index (χ2v) is 2.69. The summed E-state index contributed by atoms with van der Waals surface area (Å²) in [6, 6.07) is 5.19. The van der Waals surface area contributed by atoms with Gasteiger partial charge >= 0.3 is 63.5 Å². The van der Waals surface area contributed by atoms with Gasteiger partial charge in [0.25, 0.3) is 0 Å². The SMILES string of the molecule is O=[C](O)[Co][c]1ccccn1. The Morgan fingerprint density at radius 1 is 1.60 bits per heavy atom. The van der Waals surface area contributed by atoms with E-state index >= 15 is 0 Å². The minimum atomic E-state index is -0.880. The molecule has 1 aromatic rings. The predicted octanol–water partition coefficient (Wildman–Crippen LogP) is 0.467. The van der Waals surface area contributed by atoms with Crippen LogP contribution in [0.3, 0.4) is 0 Å². The zero-order valence-corrected chi connectivity index (χ0v) is 5.99. The Kier molecular flexibility index (Phi) is 2.41. The maximum absolute atomic E-state index is 10.1. The van der Waals surface area contributed by atoms with Crippen LogP contribution in [0, 0.1) is 0 Å². The van der Waals surface area contributed by atoms with Gasteiger partial charge in [-0.1, -0.05) is 0 Å². The summed E-state index contributed by atoms with van der Waals surface area (Å²) in [6.07, 6.45) is 1.57. The van der Waals surface area contributed by atoms with Crippen LogP contribution in [0.5, 0.6) is 0 Å². The summed E-state index contributed by atoms with van der Waals surface area (Å²) in [5.74, 6) is 0. The van der Waals surface area contributed by atoms with Crippen LogP contribution >= 0.6 is 0 Å². The van der Waals surface area contributed by atoms with Crippen LogP contribution in [0.2, 0.25) is 0 Å². The zero-order valence-electron chi connectivity index (χ0n) is 4.95. The van der Waals surface area contributed by atoms with E-state index in [4.69, 9.17) is 5.11 Å². The quantitative estimate of drug-likeness (QED) is 0.723. The van der Waals surface area contributed by atoms with Crippen molar-refractivity contribution < 1.29 is 24.6 Å². The minimum absolute atomic E-state index is 0.265. The molecule has 55 valence electrons. The summed E-state index contributed by atoms with van der Waals surface area (Å²) in [7, 11) is 0. The van der Waals surface area contributed by atoms with Crippen LogP contribution in [0.1, 0.15) is 0 Å². The molecule has 0 unspecified atom stereocenters. The van der Waals surface area contributed by atoms with E-state index in [0.29, 0.717) is 4.63 Å². The molecule has 0 bridgehead atoms. The summed E-state index contributed by atoms with van der Waals surface area (Å²) >= 11 is 0.265. The molecule has 0 saturated carbocycles. The molecule has 10 heavy (non-hydrogen) atoms. The fourth-order valence-electron chi connectivity index (χ4n) is 0.457. The van der Waals surface area contributed by atoms with Gasteiger partial charge in [-0.2, -0.15) is 0 Å². The van der Waals surface area contributed by atoms with Crippen LogP contribution < -0.4 is 4.63 Å². The topological polar surface area (TPSA) is 50.2 Å². The molecule has 4 heteroatoms. The molecule has 1 heterocycles. The molecule has 1 rings (SSSR count). The normalized spacial score (nSPS) is 9.60. The summed E-state index contributed by atoms with van der Waals surface area (Å²) in [5, 5.41) is 8.31. The molecule has 1 N–H and O–H groups in total. The van der Waals surface area contributed by atoms with Crippen LogP contribution in [0.25, 0.3) is 0 Å². The van der Waals surface area contributed by atoms with E-state index in [-0.39, 0.29) is 14.7 Å². The molecule has 1 aromatic heterocycles. The third kappa shape index (κ3) is 2.16. The first-order valence-electron chi connectivity index (χ1n) is 2.53. The number of carboxylic acid groups (broad SMARTS) is 1. The molecular weight excluding hydrogens is 177 g/mol. The van der Waals surface area contributed by atoms with Gasteiger partial charge in [0.05, 0.1) is 0 Å². The van der Waals surface area contributed by atoms with Gasteiger partial charge in [0.15, 0.2) is 0 Å². The average Bonchev–Trinajstić information content (AvgIpc) is 1.88. The average molecular weight is 182 g/mol. The number of nitrogens with zero attached hydrogens (tertiary/aromatic N) is 1. The molecule has 0 amide bonds. The zero-order chi connectivity index (χ0) is 7.40. The molecular formula is C6H5CoNO2. The molecule has 0 atom stereocenters. The summed E-state index contributed by atoms with van der Waals surface area (Å²) in [5.41, 5.74) is 0. The fraction of sp³-hybridized carbons (Fsp3) is 0. The van der Waals surface area contributed by atoms with Crippen molar-refractivity contribution in [3.8, 4) is 0 Å². The van der Waals surface area contributed by atoms with Gasteiger partial charge in [-0.3, -0.25) is 0 Å².